The number of aromatic nitrogens is 3. The van der Waals surface area contributed by atoms with Crippen LogP contribution in [0.15, 0.2) is 82.9 Å². The first-order chi connectivity index (χ1) is 15.6. The number of benzene rings is 2. The van der Waals surface area contributed by atoms with Crippen LogP contribution < -0.4 is 10.9 Å². The number of hydrogen-bond donors (Lipinski definition) is 1. The van der Waals surface area contributed by atoms with Crippen LogP contribution in [0.3, 0.4) is 0 Å². The van der Waals surface area contributed by atoms with Crippen molar-refractivity contribution in [3.05, 3.63) is 94.4 Å². The molecule has 0 spiro atoms. The third-order valence-corrected chi connectivity index (χ3v) is 6.44. The first-order valence-electron chi connectivity index (χ1n) is 10.5. The lowest BCUT2D eigenvalue weighted by molar-refractivity contribution is -0.120. The van der Waals surface area contributed by atoms with Crippen LogP contribution in [0.25, 0.3) is 16.7 Å². The smallest absolute Gasteiger partial charge is 0.268 e. The molecule has 1 amide bonds. The molecule has 2 heterocycles. The van der Waals surface area contributed by atoms with Crippen molar-refractivity contribution in [2.45, 2.75) is 37.2 Å². The Morgan fingerprint density at radius 1 is 1.06 bits per heavy atom. The number of rotatable bonds is 7. The van der Waals surface area contributed by atoms with Crippen LogP contribution in [0.5, 0.6) is 0 Å². The second-order valence-corrected chi connectivity index (χ2v) is 8.63. The van der Waals surface area contributed by atoms with Crippen LogP contribution in [0.1, 0.15) is 24.5 Å². The van der Waals surface area contributed by atoms with Gasteiger partial charge >= 0.3 is 0 Å². The van der Waals surface area contributed by atoms with Crippen molar-refractivity contribution in [1.29, 1.82) is 0 Å². The number of para-hydroxylation sites is 1. The first-order valence-corrected chi connectivity index (χ1v) is 11.4. The molecule has 0 saturated heterocycles. The van der Waals surface area contributed by atoms with Crippen LogP contribution in [-0.4, -0.2) is 25.7 Å². The van der Waals surface area contributed by atoms with E-state index in [0.717, 1.165) is 5.56 Å². The number of pyridine rings is 1. The van der Waals surface area contributed by atoms with E-state index < -0.39 is 5.25 Å². The second-order valence-electron chi connectivity index (χ2n) is 7.46. The summed E-state index contributed by atoms with van der Waals surface area (Å²) in [4.78, 5) is 35.2. The number of amides is 1. The minimum Gasteiger partial charge on any atom is -0.351 e. The van der Waals surface area contributed by atoms with Gasteiger partial charge in [-0.25, -0.2) is 9.97 Å². The van der Waals surface area contributed by atoms with Gasteiger partial charge in [-0.2, -0.15) is 0 Å². The lowest BCUT2D eigenvalue weighted by Crippen LogP contribution is -2.33. The van der Waals surface area contributed by atoms with Crippen LogP contribution in [0.2, 0.25) is 0 Å². The van der Waals surface area contributed by atoms with Crippen LogP contribution in [0, 0.1) is 6.92 Å². The molecule has 4 rings (SSSR count). The maximum Gasteiger partial charge on any atom is 0.268 e. The molecule has 162 valence electrons. The number of nitrogens with one attached hydrogen (secondary N) is 1. The quantitative estimate of drug-likeness (QED) is 0.340. The molecule has 2 aromatic carbocycles. The molecule has 0 radical (unpaired) electrons. The highest BCUT2D eigenvalue weighted by molar-refractivity contribution is 8.00. The van der Waals surface area contributed by atoms with Crippen molar-refractivity contribution < 1.29 is 4.79 Å². The third kappa shape index (κ3) is 4.73. The van der Waals surface area contributed by atoms with E-state index in [1.807, 2.05) is 68.4 Å². The van der Waals surface area contributed by atoms with Gasteiger partial charge in [0, 0.05) is 12.7 Å². The number of hydrogen-bond acceptors (Lipinski definition) is 5. The second kappa shape index (κ2) is 9.78. The Morgan fingerprint density at radius 3 is 2.53 bits per heavy atom. The summed E-state index contributed by atoms with van der Waals surface area (Å²) in [6, 6.07) is 20.9. The van der Waals surface area contributed by atoms with Gasteiger partial charge < -0.3 is 5.32 Å². The Hall–Kier alpha value is -3.45. The Kier molecular flexibility index (Phi) is 6.66. The summed E-state index contributed by atoms with van der Waals surface area (Å²) in [6.07, 6.45) is 2.21. The molecule has 1 atom stereocenters. The highest BCUT2D eigenvalue weighted by atomic mass is 32.2. The molecule has 0 aliphatic heterocycles. The maximum atomic E-state index is 13.3. The molecule has 0 aliphatic rings. The largest absolute Gasteiger partial charge is 0.351 e. The van der Waals surface area contributed by atoms with Crippen molar-refractivity contribution >= 4 is 28.7 Å². The summed E-state index contributed by atoms with van der Waals surface area (Å²) in [5, 5.41) is 3.50. The lowest BCUT2D eigenvalue weighted by Gasteiger charge is -2.18. The standard InChI is InChI=1S/C25H24N4O2S/c1-3-21(23(30)27-16-18-13-11-17(2)12-14-18)32-25-28-22-20(10-7-15-26-22)24(31)29(25)19-8-5-4-6-9-19/h4-15,21H,3,16H2,1-2H3,(H,27,30)/t21-/m1/s1. The zero-order chi connectivity index (χ0) is 22.5. The van der Waals surface area contributed by atoms with Gasteiger partial charge in [-0.15, -0.1) is 0 Å². The van der Waals surface area contributed by atoms with Crippen LogP contribution in [0.4, 0.5) is 0 Å². The molecule has 6 nitrogen and oxygen atoms in total. The summed E-state index contributed by atoms with van der Waals surface area (Å²) in [5.74, 6) is -0.0898. The van der Waals surface area contributed by atoms with Gasteiger partial charge in [0.15, 0.2) is 10.8 Å². The van der Waals surface area contributed by atoms with E-state index in [0.29, 0.717) is 34.8 Å². The summed E-state index contributed by atoms with van der Waals surface area (Å²) in [6.45, 7) is 4.44. The van der Waals surface area contributed by atoms with E-state index in [4.69, 9.17) is 0 Å². The molecule has 0 unspecified atom stereocenters. The fourth-order valence-corrected chi connectivity index (χ4v) is 4.39. The Labute approximate surface area is 190 Å². The fraction of sp³-hybridized carbons (Fsp3) is 0.200. The average Bonchev–Trinajstić information content (AvgIpc) is 2.82. The highest BCUT2D eigenvalue weighted by Gasteiger charge is 2.22. The number of nitrogens with zero attached hydrogens (tertiary/aromatic N) is 3. The molecular formula is C25H24N4O2S. The normalized spacial score (nSPS) is 11.9. The number of aryl methyl sites for hydroxylation is 1. The minimum atomic E-state index is -0.400. The summed E-state index contributed by atoms with van der Waals surface area (Å²) >= 11 is 1.28. The van der Waals surface area contributed by atoms with E-state index in [1.165, 1.54) is 17.3 Å². The van der Waals surface area contributed by atoms with Crippen molar-refractivity contribution in [2.24, 2.45) is 0 Å². The van der Waals surface area contributed by atoms with Gasteiger partial charge in [0.05, 0.1) is 16.3 Å². The van der Waals surface area contributed by atoms with Gasteiger partial charge in [-0.1, -0.05) is 66.7 Å². The van der Waals surface area contributed by atoms with Crippen molar-refractivity contribution in [3.8, 4) is 5.69 Å². The number of thioether (sulfide) groups is 1. The molecule has 32 heavy (non-hydrogen) atoms. The third-order valence-electron chi connectivity index (χ3n) is 5.13. The van der Waals surface area contributed by atoms with Crippen LogP contribution in [-0.2, 0) is 11.3 Å². The molecule has 0 saturated carbocycles. The first kappa shape index (κ1) is 21.8. The van der Waals surface area contributed by atoms with Gasteiger partial charge in [-0.3, -0.25) is 14.2 Å². The molecule has 0 bridgehead atoms. The van der Waals surface area contributed by atoms with E-state index in [2.05, 4.69) is 15.3 Å². The van der Waals surface area contributed by atoms with E-state index in [-0.39, 0.29) is 11.5 Å². The maximum absolute atomic E-state index is 13.3. The van der Waals surface area contributed by atoms with E-state index in [1.54, 1.807) is 22.9 Å². The summed E-state index contributed by atoms with van der Waals surface area (Å²) in [5.41, 5.74) is 3.09. The zero-order valence-electron chi connectivity index (χ0n) is 18.0. The molecule has 4 aromatic rings. The molecule has 1 N–H and O–H groups in total. The number of carbonyl (C=O) groups excluding carboxylic acids is 1. The topological polar surface area (TPSA) is 76.9 Å². The molecule has 0 aliphatic carbocycles. The Morgan fingerprint density at radius 2 is 1.81 bits per heavy atom. The molecule has 2 aromatic heterocycles. The Balaban J connectivity index is 1.64. The molecule has 0 fully saturated rings. The molecular weight excluding hydrogens is 420 g/mol. The Bertz CT molecular complexity index is 1290. The van der Waals surface area contributed by atoms with Crippen molar-refractivity contribution in [1.82, 2.24) is 19.9 Å². The predicted molar refractivity (Wildman–Crippen MR) is 128 cm³/mol. The number of fused-ring (bicyclic) bond motifs is 1. The highest BCUT2D eigenvalue weighted by Crippen LogP contribution is 2.26. The summed E-state index contributed by atoms with van der Waals surface area (Å²) in [7, 11) is 0. The van der Waals surface area contributed by atoms with Gasteiger partial charge in [-0.05, 0) is 43.2 Å². The van der Waals surface area contributed by atoms with Gasteiger partial charge in [0.25, 0.3) is 5.56 Å². The van der Waals surface area contributed by atoms with Crippen molar-refractivity contribution in [3.63, 3.8) is 0 Å². The van der Waals surface area contributed by atoms with Crippen molar-refractivity contribution in [2.75, 3.05) is 0 Å². The fourth-order valence-electron chi connectivity index (χ4n) is 3.34. The van der Waals surface area contributed by atoms with E-state index in [9.17, 15) is 9.59 Å². The molecule has 7 heteroatoms. The van der Waals surface area contributed by atoms with Crippen LogP contribution >= 0.6 is 11.8 Å². The van der Waals surface area contributed by atoms with Gasteiger partial charge in [0.2, 0.25) is 5.91 Å². The van der Waals surface area contributed by atoms with E-state index >= 15 is 0 Å². The zero-order valence-corrected chi connectivity index (χ0v) is 18.8. The number of carbonyl (C=O) groups is 1. The monoisotopic (exact) mass is 444 g/mol. The SMILES string of the molecule is CC[C@@H](Sc1nc2ncccc2c(=O)n1-c1ccccc1)C(=O)NCc1ccc(C)cc1. The lowest BCUT2D eigenvalue weighted by atomic mass is 10.1. The van der Waals surface area contributed by atoms with Gasteiger partial charge in [0.1, 0.15) is 0 Å². The predicted octanol–water partition coefficient (Wildman–Crippen LogP) is 4.28. The average molecular weight is 445 g/mol. The summed E-state index contributed by atoms with van der Waals surface area (Å²) < 4.78 is 1.56. The minimum absolute atomic E-state index is 0.0898.